The fourth-order valence-corrected chi connectivity index (χ4v) is 1.64. The van der Waals surface area contributed by atoms with Gasteiger partial charge in [0.25, 0.3) is 0 Å². The largest absolute Gasteiger partial charge is 0.493 e. The molecular weight excluding hydrogens is 254 g/mol. The molecule has 0 bridgehead atoms. The Kier molecular flexibility index (Phi) is 4.39. The van der Waals surface area contributed by atoms with Crippen LogP contribution in [0.15, 0.2) is 34.9 Å². The second-order valence-corrected chi connectivity index (χ2v) is 5.80. The summed E-state index contributed by atoms with van der Waals surface area (Å²) in [5.74, 6) is 1.94. The molecule has 1 atom stereocenters. The number of aromatic nitrogens is 2. The van der Waals surface area contributed by atoms with Gasteiger partial charge in [0.2, 0.25) is 5.89 Å². The van der Waals surface area contributed by atoms with Crippen molar-refractivity contribution in [2.75, 3.05) is 6.61 Å². The normalized spacial score (nSPS) is 13.2. The summed E-state index contributed by atoms with van der Waals surface area (Å²) < 4.78 is 10.8. The molecule has 2 N–H and O–H groups in total. The zero-order valence-electron chi connectivity index (χ0n) is 12.2. The fraction of sp³-hybridized carbons (Fsp3) is 0.467. The van der Waals surface area contributed by atoms with E-state index in [1.54, 1.807) is 0 Å². The van der Waals surface area contributed by atoms with E-state index in [4.69, 9.17) is 15.0 Å². The summed E-state index contributed by atoms with van der Waals surface area (Å²) in [6, 6.07) is 9.38. The molecule has 0 radical (unpaired) electrons. The smallest absolute Gasteiger partial charge is 0.244 e. The highest BCUT2D eigenvalue weighted by atomic mass is 16.5. The van der Waals surface area contributed by atoms with Crippen LogP contribution in [0.4, 0.5) is 0 Å². The van der Waals surface area contributed by atoms with E-state index in [-0.39, 0.29) is 11.5 Å². The molecule has 1 aromatic heterocycles. The monoisotopic (exact) mass is 275 g/mol. The van der Waals surface area contributed by atoms with Crippen molar-refractivity contribution in [2.24, 2.45) is 11.1 Å². The van der Waals surface area contributed by atoms with Gasteiger partial charge in [0, 0.05) is 6.42 Å². The van der Waals surface area contributed by atoms with Crippen LogP contribution in [0.1, 0.15) is 38.5 Å². The van der Waals surface area contributed by atoms with Crippen LogP contribution in [0.5, 0.6) is 5.75 Å². The van der Waals surface area contributed by atoms with Crippen molar-refractivity contribution in [3.05, 3.63) is 42.0 Å². The summed E-state index contributed by atoms with van der Waals surface area (Å²) in [5, 5.41) is 3.94. The van der Waals surface area contributed by atoms with E-state index in [9.17, 15) is 0 Å². The highest BCUT2D eigenvalue weighted by molar-refractivity contribution is 5.20. The zero-order valence-corrected chi connectivity index (χ0v) is 12.2. The Balaban J connectivity index is 1.87. The fourth-order valence-electron chi connectivity index (χ4n) is 1.64. The maximum absolute atomic E-state index is 6.08. The lowest BCUT2D eigenvalue weighted by molar-refractivity contribution is 0.251. The van der Waals surface area contributed by atoms with Crippen molar-refractivity contribution in [1.82, 2.24) is 10.1 Å². The van der Waals surface area contributed by atoms with Gasteiger partial charge in [-0.05, 0) is 17.5 Å². The number of nitrogens with zero attached hydrogens (tertiary/aromatic N) is 2. The van der Waals surface area contributed by atoms with Crippen molar-refractivity contribution >= 4 is 0 Å². The molecule has 1 aromatic carbocycles. The molecule has 5 nitrogen and oxygen atoms in total. The minimum atomic E-state index is -0.265. The lowest BCUT2D eigenvalue weighted by atomic mass is 9.87. The molecule has 0 amide bonds. The van der Waals surface area contributed by atoms with E-state index in [1.165, 1.54) is 0 Å². The third-order valence-corrected chi connectivity index (χ3v) is 3.02. The second-order valence-electron chi connectivity index (χ2n) is 5.80. The summed E-state index contributed by atoms with van der Waals surface area (Å²) >= 11 is 0. The average Bonchev–Trinajstić information content (AvgIpc) is 2.87. The Hall–Kier alpha value is -1.88. The van der Waals surface area contributed by atoms with Crippen LogP contribution in [0.3, 0.4) is 0 Å². The van der Waals surface area contributed by atoms with Crippen molar-refractivity contribution in [3.63, 3.8) is 0 Å². The van der Waals surface area contributed by atoms with Gasteiger partial charge in [0.1, 0.15) is 5.75 Å². The van der Waals surface area contributed by atoms with Gasteiger partial charge in [-0.1, -0.05) is 44.1 Å². The van der Waals surface area contributed by atoms with Crippen molar-refractivity contribution in [1.29, 1.82) is 0 Å². The number of ether oxygens (including phenoxy) is 1. The van der Waals surface area contributed by atoms with E-state index in [0.29, 0.717) is 24.7 Å². The predicted octanol–water partition coefficient (Wildman–Crippen LogP) is 2.74. The Morgan fingerprint density at radius 3 is 2.60 bits per heavy atom. The molecule has 2 rings (SSSR count). The van der Waals surface area contributed by atoms with Crippen LogP contribution in [0.2, 0.25) is 0 Å². The number of hydrogen-bond acceptors (Lipinski definition) is 5. The number of rotatable bonds is 5. The first-order chi connectivity index (χ1) is 9.47. The summed E-state index contributed by atoms with van der Waals surface area (Å²) in [7, 11) is 0. The molecular formula is C15H21N3O2. The Morgan fingerprint density at radius 1 is 1.25 bits per heavy atom. The molecule has 0 saturated heterocycles. The summed E-state index contributed by atoms with van der Waals surface area (Å²) in [5.41, 5.74) is 5.97. The number of nitrogens with two attached hydrogens (primary N) is 1. The number of benzene rings is 1. The number of para-hydroxylation sites is 1. The quantitative estimate of drug-likeness (QED) is 0.908. The van der Waals surface area contributed by atoms with Crippen LogP contribution in [0, 0.1) is 5.41 Å². The SMILES string of the molecule is CC(C)(C)C(N)c1nc(CCOc2ccccc2)no1. The Labute approximate surface area is 119 Å². The van der Waals surface area contributed by atoms with Gasteiger partial charge in [-0.25, -0.2) is 0 Å². The van der Waals surface area contributed by atoms with Gasteiger partial charge in [-0.3, -0.25) is 0 Å². The molecule has 0 saturated carbocycles. The Bertz CT molecular complexity index is 532. The summed E-state index contributed by atoms with van der Waals surface area (Å²) in [6.45, 7) is 6.63. The molecule has 2 aromatic rings. The molecule has 1 unspecified atom stereocenters. The Morgan fingerprint density at radius 2 is 1.95 bits per heavy atom. The van der Waals surface area contributed by atoms with Crippen molar-refractivity contribution in [2.45, 2.75) is 33.2 Å². The number of hydrogen-bond donors (Lipinski definition) is 1. The van der Waals surface area contributed by atoms with Crippen LogP contribution < -0.4 is 10.5 Å². The molecule has 0 aliphatic rings. The first-order valence-corrected chi connectivity index (χ1v) is 6.73. The topological polar surface area (TPSA) is 74.2 Å². The zero-order chi connectivity index (χ0) is 14.6. The van der Waals surface area contributed by atoms with Crippen molar-refractivity contribution < 1.29 is 9.26 Å². The third-order valence-electron chi connectivity index (χ3n) is 3.02. The molecule has 0 fully saturated rings. The van der Waals surface area contributed by atoms with Crippen LogP contribution in [-0.2, 0) is 6.42 Å². The molecule has 0 aliphatic carbocycles. The lowest BCUT2D eigenvalue weighted by Crippen LogP contribution is -2.26. The second kappa shape index (κ2) is 6.05. The highest BCUT2D eigenvalue weighted by Gasteiger charge is 2.27. The van der Waals surface area contributed by atoms with E-state index in [1.807, 2.05) is 51.1 Å². The molecule has 108 valence electrons. The maximum atomic E-state index is 6.08. The molecule has 20 heavy (non-hydrogen) atoms. The summed E-state index contributed by atoms with van der Waals surface area (Å²) in [4.78, 5) is 4.33. The van der Waals surface area contributed by atoms with E-state index < -0.39 is 0 Å². The van der Waals surface area contributed by atoms with Gasteiger partial charge in [-0.2, -0.15) is 4.98 Å². The van der Waals surface area contributed by atoms with Gasteiger partial charge in [-0.15, -0.1) is 0 Å². The molecule has 0 spiro atoms. The first kappa shape index (κ1) is 14.5. The summed E-state index contributed by atoms with van der Waals surface area (Å²) in [6.07, 6.45) is 0.593. The third kappa shape index (κ3) is 3.81. The van der Waals surface area contributed by atoms with Crippen LogP contribution in [-0.4, -0.2) is 16.7 Å². The lowest BCUT2D eigenvalue weighted by Gasteiger charge is -2.23. The van der Waals surface area contributed by atoms with E-state index in [2.05, 4.69) is 10.1 Å². The first-order valence-electron chi connectivity index (χ1n) is 6.73. The van der Waals surface area contributed by atoms with Crippen molar-refractivity contribution in [3.8, 4) is 5.75 Å². The van der Waals surface area contributed by atoms with E-state index >= 15 is 0 Å². The average molecular weight is 275 g/mol. The van der Waals surface area contributed by atoms with Gasteiger partial charge >= 0.3 is 0 Å². The highest BCUT2D eigenvalue weighted by Crippen LogP contribution is 2.29. The molecule has 5 heteroatoms. The standard InChI is InChI=1S/C15H21N3O2/c1-15(2,3)13(16)14-17-12(18-20-14)9-10-19-11-7-5-4-6-8-11/h4-8,13H,9-10,16H2,1-3H3. The van der Waals surface area contributed by atoms with Crippen LogP contribution >= 0.6 is 0 Å². The van der Waals surface area contributed by atoms with Gasteiger partial charge < -0.3 is 15.0 Å². The maximum Gasteiger partial charge on any atom is 0.244 e. The van der Waals surface area contributed by atoms with E-state index in [0.717, 1.165) is 5.75 Å². The predicted molar refractivity (Wildman–Crippen MR) is 76.3 cm³/mol. The molecule has 1 heterocycles. The van der Waals surface area contributed by atoms with Gasteiger partial charge in [0.05, 0.1) is 12.6 Å². The minimum Gasteiger partial charge on any atom is -0.493 e. The van der Waals surface area contributed by atoms with Gasteiger partial charge in [0.15, 0.2) is 5.82 Å². The minimum absolute atomic E-state index is 0.107. The van der Waals surface area contributed by atoms with Crippen LogP contribution in [0.25, 0.3) is 0 Å². The molecule has 0 aliphatic heterocycles.